The molecule has 2 rings (SSSR count). The highest BCUT2D eigenvalue weighted by Gasteiger charge is 2.16. The third kappa shape index (κ3) is 1.40. The van der Waals surface area contributed by atoms with Gasteiger partial charge in [0.2, 0.25) is 6.79 Å². The highest BCUT2D eigenvalue weighted by molar-refractivity contribution is 5.51. The number of fused-ring (bicyclic) bond motifs is 1. The first kappa shape index (κ1) is 8.19. The molecule has 0 aromatic heterocycles. The zero-order chi connectivity index (χ0) is 9.26. The van der Waals surface area contributed by atoms with Crippen LogP contribution < -0.4 is 15.2 Å². The smallest absolute Gasteiger partial charge is 0.231 e. The maximum Gasteiger partial charge on any atom is 0.231 e. The van der Waals surface area contributed by atoms with Gasteiger partial charge in [0.25, 0.3) is 0 Å². The lowest BCUT2D eigenvalue weighted by Gasteiger charge is -2.04. The summed E-state index contributed by atoms with van der Waals surface area (Å²) in [6.07, 6.45) is 0.641. The summed E-state index contributed by atoms with van der Waals surface area (Å²) in [7, 11) is 0. The summed E-state index contributed by atoms with van der Waals surface area (Å²) in [6, 6.07) is 3.33. The van der Waals surface area contributed by atoms with Crippen LogP contribution in [0.15, 0.2) is 12.1 Å². The molecule has 0 aliphatic carbocycles. The molecule has 0 radical (unpaired) electrons. The highest BCUT2D eigenvalue weighted by atomic mass is 16.7. The molecule has 0 saturated carbocycles. The monoisotopic (exact) mass is 181 g/mol. The van der Waals surface area contributed by atoms with E-state index in [1.54, 1.807) is 12.1 Å². The molecule has 0 saturated heterocycles. The Bertz CT molecular complexity index is 325. The van der Waals surface area contributed by atoms with Crippen molar-refractivity contribution in [3.63, 3.8) is 0 Å². The van der Waals surface area contributed by atoms with Gasteiger partial charge in [-0.2, -0.15) is 0 Å². The number of aromatic hydroxyl groups is 1. The summed E-state index contributed by atoms with van der Waals surface area (Å²) in [5.41, 5.74) is 6.19. The summed E-state index contributed by atoms with van der Waals surface area (Å²) in [5.74, 6) is 1.49. The number of ether oxygens (including phenoxy) is 2. The molecule has 0 amide bonds. The summed E-state index contributed by atoms with van der Waals surface area (Å²) in [5, 5.41) is 9.51. The molecule has 1 aliphatic rings. The number of nitrogens with two attached hydrogens (primary N) is 1. The van der Waals surface area contributed by atoms with Crippen molar-refractivity contribution in [2.45, 2.75) is 6.42 Å². The van der Waals surface area contributed by atoms with Gasteiger partial charge >= 0.3 is 0 Å². The largest absolute Gasteiger partial charge is 0.508 e. The van der Waals surface area contributed by atoms with Crippen molar-refractivity contribution in [3.8, 4) is 17.2 Å². The normalized spacial score (nSPS) is 13.3. The number of phenols is 1. The second-order valence-corrected chi connectivity index (χ2v) is 2.87. The molecule has 0 spiro atoms. The van der Waals surface area contributed by atoms with Gasteiger partial charge in [-0.3, -0.25) is 0 Å². The lowest BCUT2D eigenvalue weighted by atomic mass is 10.1. The van der Waals surface area contributed by atoms with Gasteiger partial charge in [0, 0.05) is 6.07 Å². The number of rotatable bonds is 2. The average Bonchev–Trinajstić information content (AvgIpc) is 2.52. The van der Waals surface area contributed by atoms with Crippen molar-refractivity contribution < 1.29 is 14.6 Å². The lowest BCUT2D eigenvalue weighted by Crippen LogP contribution is -2.02. The van der Waals surface area contributed by atoms with Crippen molar-refractivity contribution in [2.24, 2.45) is 5.73 Å². The molecule has 0 bridgehead atoms. The number of phenolic OH excluding ortho intramolecular Hbond substituents is 1. The Kier molecular flexibility index (Phi) is 1.98. The van der Waals surface area contributed by atoms with E-state index in [0.29, 0.717) is 24.5 Å². The highest BCUT2D eigenvalue weighted by Crippen LogP contribution is 2.37. The van der Waals surface area contributed by atoms with Gasteiger partial charge < -0.3 is 20.3 Å². The van der Waals surface area contributed by atoms with Gasteiger partial charge in [0.05, 0.1) is 0 Å². The van der Waals surface area contributed by atoms with E-state index < -0.39 is 0 Å². The van der Waals surface area contributed by atoms with Gasteiger partial charge in [-0.1, -0.05) is 0 Å². The standard InChI is InChI=1S/C9H11NO3/c10-2-1-6-3-8-9(4-7(6)11)13-5-12-8/h3-4,11H,1-2,5,10H2. The summed E-state index contributed by atoms with van der Waals surface area (Å²) < 4.78 is 10.3. The minimum Gasteiger partial charge on any atom is -0.508 e. The Balaban J connectivity index is 2.37. The van der Waals surface area contributed by atoms with Crippen molar-refractivity contribution in [2.75, 3.05) is 13.3 Å². The Hall–Kier alpha value is -1.42. The molecule has 1 heterocycles. The first-order valence-electron chi connectivity index (χ1n) is 4.13. The molecule has 3 N–H and O–H groups in total. The van der Waals surface area contributed by atoms with E-state index in [0.717, 1.165) is 5.56 Å². The number of hydrogen-bond donors (Lipinski definition) is 2. The zero-order valence-corrected chi connectivity index (χ0v) is 7.12. The fourth-order valence-corrected chi connectivity index (χ4v) is 1.33. The second kappa shape index (κ2) is 3.14. The van der Waals surface area contributed by atoms with Crippen LogP contribution in [0.4, 0.5) is 0 Å². The summed E-state index contributed by atoms with van der Waals surface area (Å²) in [4.78, 5) is 0. The van der Waals surface area contributed by atoms with Crippen LogP contribution in [-0.2, 0) is 6.42 Å². The predicted molar refractivity (Wildman–Crippen MR) is 47.0 cm³/mol. The van der Waals surface area contributed by atoms with Crippen LogP contribution in [0.5, 0.6) is 17.2 Å². The van der Waals surface area contributed by atoms with Crippen LogP contribution in [0.2, 0.25) is 0 Å². The van der Waals surface area contributed by atoms with Crippen LogP contribution in [0.3, 0.4) is 0 Å². The predicted octanol–water partition coefficient (Wildman–Crippen LogP) is 0.622. The molecule has 0 unspecified atom stereocenters. The first-order chi connectivity index (χ1) is 6.31. The molecule has 70 valence electrons. The minimum absolute atomic E-state index is 0.217. The van der Waals surface area contributed by atoms with Gasteiger partial charge in [-0.15, -0.1) is 0 Å². The second-order valence-electron chi connectivity index (χ2n) is 2.87. The van der Waals surface area contributed by atoms with Gasteiger partial charge in [0.1, 0.15) is 5.75 Å². The average molecular weight is 181 g/mol. The van der Waals surface area contributed by atoms with Gasteiger partial charge in [-0.05, 0) is 24.6 Å². The Morgan fingerprint density at radius 1 is 1.31 bits per heavy atom. The zero-order valence-electron chi connectivity index (χ0n) is 7.12. The van der Waals surface area contributed by atoms with E-state index in [1.165, 1.54) is 0 Å². The maximum absolute atomic E-state index is 9.51. The van der Waals surface area contributed by atoms with Crippen LogP contribution in [0.25, 0.3) is 0 Å². The van der Waals surface area contributed by atoms with Crippen molar-refractivity contribution in [3.05, 3.63) is 17.7 Å². The van der Waals surface area contributed by atoms with E-state index in [1.807, 2.05) is 0 Å². The third-order valence-corrected chi connectivity index (χ3v) is 1.99. The molecule has 1 aliphatic heterocycles. The van der Waals surface area contributed by atoms with E-state index in [-0.39, 0.29) is 12.5 Å². The van der Waals surface area contributed by atoms with Crippen molar-refractivity contribution in [1.82, 2.24) is 0 Å². The Labute approximate surface area is 75.9 Å². The quantitative estimate of drug-likeness (QED) is 0.702. The molecular weight excluding hydrogens is 170 g/mol. The number of benzene rings is 1. The van der Waals surface area contributed by atoms with Crippen LogP contribution >= 0.6 is 0 Å². The molecule has 4 nitrogen and oxygen atoms in total. The molecule has 1 aromatic carbocycles. The van der Waals surface area contributed by atoms with Gasteiger partial charge in [0.15, 0.2) is 11.5 Å². The third-order valence-electron chi connectivity index (χ3n) is 1.99. The van der Waals surface area contributed by atoms with Gasteiger partial charge in [-0.25, -0.2) is 0 Å². The van der Waals surface area contributed by atoms with E-state index in [9.17, 15) is 5.11 Å². The lowest BCUT2D eigenvalue weighted by molar-refractivity contribution is 0.174. The van der Waals surface area contributed by atoms with Crippen molar-refractivity contribution >= 4 is 0 Å². The molecular formula is C9H11NO3. The first-order valence-corrected chi connectivity index (χ1v) is 4.13. The Morgan fingerprint density at radius 3 is 2.69 bits per heavy atom. The molecule has 1 aromatic rings. The molecule has 13 heavy (non-hydrogen) atoms. The number of hydrogen-bond acceptors (Lipinski definition) is 4. The van der Waals surface area contributed by atoms with E-state index in [2.05, 4.69) is 0 Å². The van der Waals surface area contributed by atoms with Crippen LogP contribution in [0.1, 0.15) is 5.56 Å². The molecule has 4 heteroatoms. The van der Waals surface area contributed by atoms with Crippen LogP contribution in [-0.4, -0.2) is 18.4 Å². The molecule has 0 atom stereocenters. The van der Waals surface area contributed by atoms with E-state index in [4.69, 9.17) is 15.2 Å². The summed E-state index contributed by atoms with van der Waals surface area (Å²) >= 11 is 0. The maximum atomic E-state index is 9.51. The SMILES string of the molecule is NCCc1cc2c(cc1O)OCO2. The van der Waals surface area contributed by atoms with E-state index >= 15 is 0 Å². The van der Waals surface area contributed by atoms with Crippen molar-refractivity contribution in [1.29, 1.82) is 0 Å². The Morgan fingerprint density at radius 2 is 2.00 bits per heavy atom. The fourth-order valence-electron chi connectivity index (χ4n) is 1.33. The fraction of sp³-hybridized carbons (Fsp3) is 0.333. The van der Waals surface area contributed by atoms with Crippen LogP contribution in [0, 0.1) is 0 Å². The minimum atomic E-state index is 0.217. The summed E-state index contributed by atoms with van der Waals surface area (Å²) in [6.45, 7) is 0.730. The molecule has 0 fully saturated rings. The topological polar surface area (TPSA) is 64.7 Å².